The zero-order valence-corrected chi connectivity index (χ0v) is 18.8. The Morgan fingerprint density at radius 1 is 1.07 bits per heavy atom. The number of fused-ring (bicyclic) bond motifs is 2. The summed E-state index contributed by atoms with van der Waals surface area (Å²) in [7, 11) is 0. The smallest absolute Gasteiger partial charge is 0.860 e. The van der Waals surface area contributed by atoms with E-state index in [-0.39, 0.29) is 41.0 Å². The minimum atomic E-state index is -0.256. The van der Waals surface area contributed by atoms with E-state index in [9.17, 15) is 9.90 Å². The Balaban J connectivity index is 0.00000205. The third-order valence-electron chi connectivity index (χ3n) is 4.81. The summed E-state index contributed by atoms with van der Waals surface area (Å²) in [6.45, 7) is 2.20. The molecular formula is C21H15N4NaO2S. The van der Waals surface area contributed by atoms with Crippen LogP contribution in [0.2, 0.25) is 0 Å². The van der Waals surface area contributed by atoms with Gasteiger partial charge in [0.1, 0.15) is 0 Å². The predicted molar refractivity (Wildman–Crippen MR) is 107 cm³/mol. The monoisotopic (exact) mass is 410 g/mol. The molecular weight excluding hydrogens is 395 g/mol. The van der Waals surface area contributed by atoms with Gasteiger partial charge in [0.15, 0.2) is 0 Å². The van der Waals surface area contributed by atoms with Crippen molar-refractivity contribution in [1.29, 1.82) is 0 Å². The molecule has 2 aliphatic heterocycles. The average molecular weight is 410 g/mol. The summed E-state index contributed by atoms with van der Waals surface area (Å²) in [6, 6.07) is 18.8. The number of rotatable bonds is 3. The maximum Gasteiger partial charge on any atom is 1.00 e. The number of nitrogens with zero attached hydrogens (tertiary/aromatic N) is 4. The quantitative estimate of drug-likeness (QED) is 0.398. The molecule has 8 heteroatoms. The molecule has 3 heterocycles. The normalized spacial score (nSPS) is 11.1. The van der Waals surface area contributed by atoms with Gasteiger partial charge in [0, 0.05) is 12.2 Å². The van der Waals surface area contributed by atoms with Crippen molar-refractivity contribution in [3.8, 4) is 22.3 Å². The van der Waals surface area contributed by atoms with Crippen LogP contribution in [-0.2, 0) is 6.54 Å². The fourth-order valence-corrected chi connectivity index (χ4v) is 4.31. The van der Waals surface area contributed by atoms with Gasteiger partial charge in [0.05, 0.1) is 21.5 Å². The van der Waals surface area contributed by atoms with Crippen molar-refractivity contribution in [2.75, 3.05) is 0 Å². The number of aromatic nitrogens is 4. The molecule has 2 aromatic carbocycles. The fraction of sp³-hybridized carbons (Fsp3) is 0.0952. The van der Waals surface area contributed by atoms with Crippen molar-refractivity contribution in [3.63, 3.8) is 0 Å². The molecule has 0 bridgehead atoms. The molecule has 2 aliphatic rings. The van der Waals surface area contributed by atoms with E-state index in [1.165, 1.54) is 22.1 Å². The Bertz CT molecular complexity index is 1310. The van der Waals surface area contributed by atoms with E-state index < -0.39 is 0 Å². The Hall–Kier alpha value is -2.45. The minimum Gasteiger partial charge on any atom is -0.860 e. The second kappa shape index (κ2) is 7.76. The van der Waals surface area contributed by atoms with Crippen molar-refractivity contribution in [1.82, 2.24) is 19.3 Å². The molecule has 0 amide bonds. The molecule has 0 aliphatic carbocycles. The van der Waals surface area contributed by atoms with Gasteiger partial charge >= 0.3 is 29.6 Å². The molecule has 0 saturated heterocycles. The molecule has 5 rings (SSSR count). The van der Waals surface area contributed by atoms with E-state index in [0.717, 1.165) is 15.8 Å². The summed E-state index contributed by atoms with van der Waals surface area (Å²) in [5, 5.41) is 17.5. The SMILES string of the molecule is Cc1c2c(=O)n(-c3nc4ccccc4s3)nc-2cc([O-])n1Cc1ccccc1.[Na+]. The van der Waals surface area contributed by atoms with Gasteiger partial charge in [-0.25, -0.2) is 4.98 Å². The summed E-state index contributed by atoms with van der Waals surface area (Å²) in [6.07, 6.45) is 0. The van der Waals surface area contributed by atoms with Crippen molar-refractivity contribution in [2.24, 2.45) is 0 Å². The van der Waals surface area contributed by atoms with Crippen LogP contribution in [0.5, 0.6) is 5.88 Å². The van der Waals surface area contributed by atoms with Crippen LogP contribution in [-0.4, -0.2) is 19.3 Å². The van der Waals surface area contributed by atoms with E-state index in [4.69, 9.17) is 0 Å². The van der Waals surface area contributed by atoms with Crippen molar-refractivity contribution >= 4 is 21.6 Å². The topological polar surface area (TPSA) is 75.8 Å². The van der Waals surface area contributed by atoms with Crippen LogP contribution >= 0.6 is 11.3 Å². The Morgan fingerprint density at radius 2 is 1.79 bits per heavy atom. The molecule has 0 atom stereocenters. The number of pyridine rings is 1. The molecule has 138 valence electrons. The molecule has 0 spiro atoms. The minimum absolute atomic E-state index is 0. The van der Waals surface area contributed by atoms with Crippen LogP contribution in [0.1, 0.15) is 11.3 Å². The Morgan fingerprint density at radius 3 is 2.55 bits per heavy atom. The van der Waals surface area contributed by atoms with Gasteiger partial charge in [0.2, 0.25) is 5.13 Å². The van der Waals surface area contributed by atoms with Crippen molar-refractivity contribution in [3.05, 3.63) is 82.3 Å². The van der Waals surface area contributed by atoms with Gasteiger partial charge in [-0.3, -0.25) is 4.79 Å². The van der Waals surface area contributed by atoms with E-state index in [1.807, 2.05) is 54.6 Å². The van der Waals surface area contributed by atoms with Crippen LogP contribution in [0, 0.1) is 6.92 Å². The van der Waals surface area contributed by atoms with Crippen molar-refractivity contribution < 1.29 is 34.7 Å². The standard InChI is InChI=1S/C21H16N4O2S.Na/c1-13-19-16(11-18(26)24(13)12-14-7-3-2-4-8-14)23-25(20(19)27)21-22-15-9-5-6-10-17(15)28-21;/h2-11,26H,12H2,1H3;/q;+1/p-1. The zero-order valence-electron chi connectivity index (χ0n) is 16.0. The summed E-state index contributed by atoms with van der Waals surface area (Å²) < 4.78 is 3.90. The van der Waals surface area contributed by atoms with E-state index in [0.29, 0.717) is 28.6 Å². The first-order chi connectivity index (χ1) is 13.6. The maximum absolute atomic E-state index is 13.1. The fourth-order valence-electron chi connectivity index (χ4n) is 3.40. The van der Waals surface area contributed by atoms with E-state index in [2.05, 4.69) is 10.1 Å². The number of hydrogen-bond acceptors (Lipinski definition) is 5. The molecule has 6 nitrogen and oxygen atoms in total. The number of hydrogen-bond donors (Lipinski definition) is 0. The predicted octanol–water partition coefficient (Wildman–Crippen LogP) is 0.183. The molecule has 0 fully saturated rings. The third kappa shape index (κ3) is 3.40. The van der Waals surface area contributed by atoms with Gasteiger partial charge in [-0.15, -0.1) is 0 Å². The van der Waals surface area contributed by atoms with Gasteiger partial charge in [-0.05, 0) is 36.6 Å². The Labute approximate surface area is 192 Å². The molecule has 0 saturated carbocycles. The Kier molecular flexibility index (Phi) is 5.31. The van der Waals surface area contributed by atoms with E-state index >= 15 is 0 Å². The van der Waals surface area contributed by atoms with E-state index in [1.54, 1.807) is 11.5 Å². The molecule has 1 aromatic heterocycles. The molecule has 3 aromatic rings. The first-order valence-electron chi connectivity index (χ1n) is 8.82. The van der Waals surface area contributed by atoms with Crippen LogP contribution < -0.4 is 40.2 Å². The molecule has 29 heavy (non-hydrogen) atoms. The summed E-state index contributed by atoms with van der Waals surface area (Å²) in [5.74, 6) is -0.178. The van der Waals surface area contributed by atoms with Crippen LogP contribution in [0.15, 0.2) is 65.5 Å². The number of para-hydroxylation sites is 1. The maximum atomic E-state index is 13.1. The summed E-state index contributed by atoms with van der Waals surface area (Å²) >= 11 is 1.40. The van der Waals surface area contributed by atoms with Gasteiger partial charge in [-0.2, -0.15) is 9.78 Å². The van der Waals surface area contributed by atoms with Gasteiger partial charge < -0.3 is 9.67 Å². The van der Waals surface area contributed by atoms with Gasteiger partial charge in [0.25, 0.3) is 5.56 Å². The second-order valence-electron chi connectivity index (χ2n) is 6.58. The van der Waals surface area contributed by atoms with Crippen LogP contribution in [0.3, 0.4) is 0 Å². The molecule has 0 radical (unpaired) electrons. The first-order valence-corrected chi connectivity index (χ1v) is 9.63. The summed E-state index contributed by atoms with van der Waals surface area (Å²) in [5.41, 5.74) is 3.03. The largest absolute Gasteiger partial charge is 1.00 e. The second-order valence-corrected chi connectivity index (χ2v) is 7.59. The summed E-state index contributed by atoms with van der Waals surface area (Å²) in [4.78, 5) is 17.6. The van der Waals surface area contributed by atoms with Crippen LogP contribution in [0.25, 0.3) is 26.6 Å². The first kappa shape index (κ1) is 19.8. The number of benzene rings is 2. The number of thiazole rings is 1. The van der Waals surface area contributed by atoms with Crippen molar-refractivity contribution in [2.45, 2.75) is 13.5 Å². The van der Waals surface area contributed by atoms with Gasteiger partial charge in [-0.1, -0.05) is 53.8 Å². The average Bonchev–Trinajstić information content (AvgIpc) is 3.27. The van der Waals surface area contributed by atoms with Crippen LogP contribution in [0.4, 0.5) is 0 Å². The molecule has 0 unspecified atom stereocenters. The third-order valence-corrected chi connectivity index (χ3v) is 5.82. The zero-order chi connectivity index (χ0) is 19.3. The molecule has 0 N–H and O–H groups in total.